The van der Waals surface area contributed by atoms with Gasteiger partial charge in [0.05, 0.1) is 25.8 Å². The van der Waals surface area contributed by atoms with Crippen LogP contribution in [0, 0.1) is 17.5 Å². The second-order valence-electron chi connectivity index (χ2n) is 11.9. The van der Waals surface area contributed by atoms with Gasteiger partial charge in [-0.2, -0.15) is 4.39 Å². The van der Waals surface area contributed by atoms with Gasteiger partial charge in [0.2, 0.25) is 5.82 Å². The van der Waals surface area contributed by atoms with E-state index in [1.807, 2.05) is 53.4 Å². The van der Waals surface area contributed by atoms with E-state index in [0.29, 0.717) is 49.5 Å². The quantitative estimate of drug-likeness (QED) is 0.199. The third-order valence-electron chi connectivity index (χ3n) is 8.87. The van der Waals surface area contributed by atoms with Crippen LogP contribution in [0.1, 0.15) is 42.4 Å². The second kappa shape index (κ2) is 13.8. The summed E-state index contributed by atoms with van der Waals surface area (Å²) in [5.41, 5.74) is 4.20. The largest absolute Gasteiger partial charge is 0.488 e. The van der Waals surface area contributed by atoms with Crippen LogP contribution < -0.4 is 10.1 Å². The van der Waals surface area contributed by atoms with Gasteiger partial charge in [-0.3, -0.25) is 9.69 Å². The molecule has 3 aliphatic rings. The minimum atomic E-state index is -1.34. The molecule has 2 heterocycles. The number of carbonyl (C=O) groups excluding carboxylic acids is 2. The Hall–Kier alpha value is -4.02. The zero-order valence-corrected chi connectivity index (χ0v) is 26.2. The number of fused-ring (bicyclic) bond motifs is 2. The molecule has 1 unspecified atom stereocenters. The summed E-state index contributed by atoms with van der Waals surface area (Å²) >= 11 is 6.50. The number of nitrogens with zero attached hydrogens (tertiary/aromatic N) is 2. The first-order chi connectivity index (χ1) is 22.3. The van der Waals surface area contributed by atoms with E-state index >= 15 is 0 Å². The number of hydrogen-bond acceptors (Lipinski definition) is 5. The summed E-state index contributed by atoms with van der Waals surface area (Å²) in [4.78, 5) is 31.2. The minimum absolute atomic E-state index is 0.00496. The summed E-state index contributed by atoms with van der Waals surface area (Å²) in [5.74, 6) is -4.29. The predicted molar refractivity (Wildman–Crippen MR) is 168 cm³/mol. The molecule has 11 heteroatoms. The summed E-state index contributed by atoms with van der Waals surface area (Å²) in [6.07, 6.45) is 2.83. The fourth-order valence-electron chi connectivity index (χ4n) is 6.40. The lowest BCUT2D eigenvalue weighted by atomic mass is 9.81. The van der Waals surface area contributed by atoms with Gasteiger partial charge in [-0.05, 0) is 72.6 Å². The van der Waals surface area contributed by atoms with E-state index in [9.17, 15) is 22.8 Å². The third-order valence-corrected chi connectivity index (χ3v) is 9.24. The maximum absolute atomic E-state index is 14.6. The monoisotopic (exact) mass is 653 g/mol. The van der Waals surface area contributed by atoms with E-state index in [2.05, 4.69) is 5.32 Å². The van der Waals surface area contributed by atoms with Crippen molar-refractivity contribution in [2.75, 3.05) is 26.8 Å². The molecule has 2 amide bonds. The number of rotatable bonds is 10. The third kappa shape index (κ3) is 6.59. The van der Waals surface area contributed by atoms with Crippen molar-refractivity contribution in [3.8, 4) is 5.75 Å². The molecule has 3 aromatic rings. The maximum Gasteiger partial charge on any atom is 0.410 e. The number of carbonyl (C=O) groups is 2. The number of methoxy groups -OCH3 is 1. The van der Waals surface area contributed by atoms with E-state index in [1.165, 1.54) is 7.11 Å². The molecule has 1 aliphatic carbocycles. The van der Waals surface area contributed by atoms with Crippen molar-refractivity contribution in [3.05, 3.63) is 105 Å². The van der Waals surface area contributed by atoms with Crippen LogP contribution in [0.3, 0.4) is 0 Å². The highest BCUT2D eigenvalue weighted by molar-refractivity contribution is 6.31. The first-order valence-electron chi connectivity index (χ1n) is 15.5. The molecule has 2 fully saturated rings. The minimum Gasteiger partial charge on any atom is -0.488 e. The van der Waals surface area contributed by atoms with Crippen molar-refractivity contribution < 1.29 is 32.2 Å². The van der Waals surface area contributed by atoms with Crippen LogP contribution >= 0.6 is 11.6 Å². The Balaban J connectivity index is 1.26. The Morgan fingerprint density at radius 2 is 1.74 bits per heavy atom. The van der Waals surface area contributed by atoms with Gasteiger partial charge in [-0.15, -0.1) is 0 Å². The molecule has 2 atom stereocenters. The number of nitrogens with one attached hydrogen (secondary N) is 1. The molecule has 3 aromatic carbocycles. The van der Waals surface area contributed by atoms with Gasteiger partial charge in [0.15, 0.2) is 17.4 Å². The number of benzene rings is 3. The summed E-state index contributed by atoms with van der Waals surface area (Å²) in [6.45, 7) is 1.37. The van der Waals surface area contributed by atoms with Crippen molar-refractivity contribution in [1.29, 1.82) is 0 Å². The van der Waals surface area contributed by atoms with E-state index < -0.39 is 35.3 Å². The van der Waals surface area contributed by atoms with Crippen molar-refractivity contribution in [2.45, 2.75) is 56.8 Å². The highest BCUT2D eigenvalue weighted by atomic mass is 35.5. The summed E-state index contributed by atoms with van der Waals surface area (Å²) in [5, 5.41) is 4.00. The number of ether oxygens (including phenoxy) is 2. The fourth-order valence-corrected chi connectivity index (χ4v) is 6.60. The number of amides is 2. The van der Waals surface area contributed by atoms with Gasteiger partial charge in [0.25, 0.3) is 5.91 Å². The second-order valence-corrected chi connectivity index (χ2v) is 12.3. The molecule has 6 rings (SSSR count). The molecule has 0 spiro atoms. The van der Waals surface area contributed by atoms with Gasteiger partial charge < -0.3 is 19.7 Å². The average molecular weight is 654 g/mol. The lowest BCUT2D eigenvalue weighted by Gasteiger charge is -2.47. The number of halogens is 4. The first kappa shape index (κ1) is 31.9. The lowest BCUT2D eigenvalue weighted by Crippen LogP contribution is -2.63. The Kier molecular flexibility index (Phi) is 9.56. The maximum atomic E-state index is 14.6. The Labute approximate surface area is 270 Å². The molecule has 0 radical (unpaired) electrons. The van der Waals surface area contributed by atoms with Crippen LogP contribution in [0.25, 0.3) is 5.57 Å². The van der Waals surface area contributed by atoms with Crippen LogP contribution in [0.15, 0.2) is 66.2 Å². The first-order valence-corrected chi connectivity index (χ1v) is 15.8. The van der Waals surface area contributed by atoms with Gasteiger partial charge in [-0.25, -0.2) is 13.6 Å². The molecular weight excluding hydrogens is 619 g/mol. The van der Waals surface area contributed by atoms with E-state index in [0.717, 1.165) is 47.2 Å². The highest BCUT2D eigenvalue weighted by Gasteiger charge is 2.47. The molecule has 1 saturated carbocycles. The topological polar surface area (TPSA) is 71.1 Å². The van der Waals surface area contributed by atoms with Crippen molar-refractivity contribution in [1.82, 2.24) is 15.1 Å². The Morgan fingerprint density at radius 1 is 1.00 bits per heavy atom. The summed E-state index contributed by atoms with van der Waals surface area (Å²) in [7, 11) is 1.36. The standard InChI is InChI=1S/C35H35ClF3N3O4/c1-45-35(44)42-25-17-26(22-10-8-21(9-11-22)5-4-16-46-33-29(38)15-14-28(37)32(33)39)31(30(42)19-40-18-25)34(43)41(24-12-13-24)20-23-6-2-3-7-27(23)36/h2-3,6-11,14-15,24-25,30,40H,4-5,12-13,16-20H2,1H3/t25?,30-/m1/s1. The number of aryl methyl sites for hydroxylation is 1. The van der Waals surface area contributed by atoms with E-state index in [-0.39, 0.29) is 24.6 Å². The number of piperazine rings is 1. The molecule has 46 heavy (non-hydrogen) atoms. The average Bonchev–Trinajstić information content (AvgIpc) is 3.90. The molecular formula is C35H35ClF3N3O4. The SMILES string of the molecule is COC(=O)N1C2CNC[C@@H]1C(C(=O)N(Cc1ccccc1Cl)C1CC1)=C(c1ccc(CCCOc3c(F)ccc(F)c3F)cc1)C2. The number of hydrogen-bond donors (Lipinski definition) is 1. The van der Waals surface area contributed by atoms with Gasteiger partial charge >= 0.3 is 6.09 Å². The Bertz CT molecular complexity index is 1650. The normalized spacial score (nSPS) is 19.2. The zero-order valence-electron chi connectivity index (χ0n) is 25.4. The Morgan fingerprint density at radius 3 is 2.46 bits per heavy atom. The van der Waals surface area contributed by atoms with E-state index in [4.69, 9.17) is 21.1 Å². The van der Waals surface area contributed by atoms with Crippen LogP contribution in [0.5, 0.6) is 5.75 Å². The molecule has 1 N–H and O–H groups in total. The predicted octanol–water partition coefficient (Wildman–Crippen LogP) is 6.53. The van der Waals surface area contributed by atoms with Gasteiger partial charge in [0.1, 0.15) is 0 Å². The van der Waals surface area contributed by atoms with Crippen LogP contribution in [0.4, 0.5) is 18.0 Å². The summed E-state index contributed by atoms with van der Waals surface area (Å²) < 4.78 is 51.6. The summed E-state index contributed by atoms with van der Waals surface area (Å²) in [6, 6.07) is 16.3. The molecule has 1 saturated heterocycles. The van der Waals surface area contributed by atoms with Gasteiger partial charge in [-0.1, -0.05) is 54.1 Å². The molecule has 2 bridgehead atoms. The van der Waals surface area contributed by atoms with Crippen molar-refractivity contribution in [2.24, 2.45) is 0 Å². The van der Waals surface area contributed by atoms with Crippen molar-refractivity contribution >= 4 is 29.2 Å². The molecule has 2 aliphatic heterocycles. The smallest absolute Gasteiger partial charge is 0.410 e. The van der Waals surface area contributed by atoms with Crippen LogP contribution in [-0.2, 0) is 22.5 Å². The van der Waals surface area contributed by atoms with E-state index in [1.54, 1.807) is 4.90 Å². The van der Waals surface area contributed by atoms with Crippen LogP contribution in [-0.4, -0.2) is 66.7 Å². The molecule has 0 aromatic heterocycles. The molecule has 7 nitrogen and oxygen atoms in total. The fraction of sp³-hybridized carbons (Fsp3) is 0.371. The highest BCUT2D eigenvalue weighted by Crippen LogP contribution is 2.40. The molecule has 242 valence electrons. The van der Waals surface area contributed by atoms with Crippen LogP contribution in [0.2, 0.25) is 5.02 Å². The van der Waals surface area contributed by atoms with Gasteiger partial charge in [0, 0.05) is 36.3 Å². The van der Waals surface area contributed by atoms with Crippen molar-refractivity contribution in [3.63, 3.8) is 0 Å². The zero-order chi connectivity index (χ0) is 32.4. The lowest BCUT2D eigenvalue weighted by molar-refractivity contribution is -0.129.